The number of alkyl halides is 3. The number of halogens is 3. The lowest BCUT2D eigenvalue weighted by atomic mass is 10.2. The van der Waals surface area contributed by atoms with Gasteiger partial charge < -0.3 is 4.90 Å². The minimum atomic E-state index is -4.28. The van der Waals surface area contributed by atoms with E-state index < -0.39 is 19.8 Å². The van der Waals surface area contributed by atoms with Crippen LogP contribution in [0.5, 0.6) is 0 Å². The van der Waals surface area contributed by atoms with Gasteiger partial charge in [0.25, 0.3) is 0 Å². The summed E-state index contributed by atoms with van der Waals surface area (Å²) in [5, 5.41) is 0. The summed E-state index contributed by atoms with van der Waals surface area (Å²) >= 11 is 0. The summed E-state index contributed by atoms with van der Waals surface area (Å²) in [6, 6.07) is 6.57. The molecule has 0 bridgehead atoms. The number of rotatable bonds is 6. The molecule has 0 aliphatic rings. The van der Waals surface area contributed by atoms with Gasteiger partial charge in [-0.05, 0) is 24.6 Å². The summed E-state index contributed by atoms with van der Waals surface area (Å²) in [6.07, 6.45) is -3.31. The summed E-state index contributed by atoms with van der Waals surface area (Å²) in [6.45, 7) is 9.09. The fourth-order valence-corrected chi connectivity index (χ4v) is 3.20. The molecule has 0 aliphatic carbocycles. The van der Waals surface area contributed by atoms with Crippen LogP contribution in [0.15, 0.2) is 36.5 Å². The van der Waals surface area contributed by atoms with Crippen LogP contribution in [0.3, 0.4) is 0 Å². The second kappa shape index (κ2) is 6.48. The van der Waals surface area contributed by atoms with Crippen LogP contribution in [0, 0.1) is 0 Å². The number of hydrogen-bond acceptors (Lipinski definition) is 1. The quantitative estimate of drug-likeness (QED) is 0.671. The van der Waals surface area contributed by atoms with Crippen molar-refractivity contribution < 1.29 is 13.2 Å². The van der Waals surface area contributed by atoms with E-state index in [9.17, 15) is 13.2 Å². The maximum absolute atomic E-state index is 12.7. The Labute approximate surface area is 120 Å². The van der Waals surface area contributed by atoms with Crippen LogP contribution in [0.4, 0.5) is 18.9 Å². The lowest BCUT2D eigenvalue weighted by Gasteiger charge is -2.23. The molecule has 0 radical (unpaired) electrons. The first-order chi connectivity index (χ1) is 9.15. The van der Waals surface area contributed by atoms with Crippen molar-refractivity contribution >= 4 is 13.8 Å². The van der Waals surface area contributed by atoms with Crippen LogP contribution in [0.1, 0.15) is 12.0 Å². The molecule has 0 amide bonds. The van der Waals surface area contributed by atoms with Gasteiger partial charge >= 0.3 is 6.18 Å². The molecule has 0 saturated carbocycles. The molecule has 0 aromatic heterocycles. The smallest absolute Gasteiger partial charge is 0.375 e. The molecule has 1 nitrogen and oxygen atoms in total. The summed E-state index contributed by atoms with van der Waals surface area (Å²) in [7, 11) is 0.503. The lowest BCUT2D eigenvalue weighted by molar-refractivity contribution is -0.137. The van der Waals surface area contributed by atoms with Crippen molar-refractivity contribution in [2.75, 3.05) is 18.5 Å². The van der Waals surface area contributed by atoms with E-state index in [2.05, 4.69) is 25.4 Å². The number of benzene rings is 1. The highest BCUT2D eigenvalue weighted by atomic mass is 28.3. The van der Waals surface area contributed by atoms with Gasteiger partial charge in [0, 0.05) is 19.3 Å². The van der Waals surface area contributed by atoms with Gasteiger partial charge in [0.2, 0.25) is 0 Å². The lowest BCUT2D eigenvalue weighted by Crippen LogP contribution is -2.25. The zero-order chi connectivity index (χ0) is 15.4. The van der Waals surface area contributed by atoms with Crippen LogP contribution in [-0.2, 0) is 6.18 Å². The van der Waals surface area contributed by atoms with Gasteiger partial charge in [-0.3, -0.25) is 0 Å². The molecule has 20 heavy (non-hydrogen) atoms. The summed E-state index contributed by atoms with van der Waals surface area (Å²) in [5.41, 5.74) is 2.07. The van der Waals surface area contributed by atoms with Gasteiger partial charge in [-0.1, -0.05) is 25.2 Å². The van der Waals surface area contributed by atoms with Crippen molar-refractivity contribution in [3.05, 3.63) is 42.1 Å². The Bertz CT molecular complexity index is 455. The molecule has 0 saturated heterocycles. The third-order valence-electron chi connectivity index (χ3n) is 3.48. The standard InChI is InChI=1S/C15H22F3NSi/c1-5-20(3,4)11-7-10-19(2)14-9-6-8-13(12-14)15(16,17)18/h5-6,8-9,12H,1,7,10-11H2,2-4H3. The van der Waals surface area contributed by atoms with Gasteiger partial charge in [-0.15, -0.1) is 12.3 Å². The summed E-state index contributed by atoms with van der Waals surface area (Å²) in [4.78, 5) is 1.88. The molecular formula is C15H22F3NSi. The normalized spacial score (nSPS) is 12.3. The maximum atomic E-state index is 12.7. The van der Waals surface area contributed by atoms with Crippen LogP contribution < -0.4 is 4.90 Å². The first-order valence-electron chi connectivity index (χ1n) is 6.68. The Morgan fingerprint density at radius 2 is 1.95 bits per heavy atom. The van der Waals surface area contributed by atoms with Gasteiger partial charge in [0.1, 0.15) is 0 Å². The Morgan fingerprint density at radius 1 is 1.30 bits per heavy atom. The molecule has 0 atom stereocenters. The summed E-state index contributed by atoms with van der Waals surface area (Å²) in [5.74, 6) is 0. The molecule has 1 rings (SSSR count). The highest BCUT2D eigenvalue weighted by Crippen LogP contribution is 2.31. The first-order valence-corrected chi connectivity index (χ1v) is 9.96. The minimum absolute atomic E-state index is 0.595. The highest BCUT2D eigenvalue weighted by molar-refractivity contribution is 6.82. The third kappa shape index (κ3) is 5.04. The average molecular weight is 301 g/mol. The van der Waals surface area contributed by atoms with Gasteiger partial charge in [0.05, 0.1) is 13.6 Å². The molecule has 1 aromatic carbocycles. The van der Waals surface area contributed by atoms with Crippen molar-refractivity contribution in [3.63, 3.8) is 0 Å². The average Bonchev–Trinajstić information content (AvgIpc) is 2.37. The van der Waals surface area contributed by atoms with Gasteiger partial charge in [-0.25, -0.2) is 0 Å². The van der Waals surface area contributed by atoms with Crippen LogP contribution in [0.2, 0.25) is 19.1 Å². The van der Waals surface area contributed by atoms with E-state index in [4.69, 9.17) is 0 Å². The SMILES string of the molecule is C=C[Si](C)(C)CCCN(C)c1cccc(C(F)(F)F)c1. The number of anilines is 1. The molecule has 0 N–H and O–H groups in total. The van der Waals surface area contributed by atoms with E-state index >= 15 is 0 Å². The second-order valence-electron chi connectivity index (χ2n) is 5.77. The first kappa shape index (κ1) is 16.8. The molecule has 0 fully saturated rings. The van der Waals surface area contributed by atoms with E-state index in [1.807, 2.05) is 11.9 Å². The van der Waals surface area contributed by atoms with E-state index in [0.717, 1.165) is 25.1 Å². The Morgan fingerprint density at radius 3 is 2.50 bits per heavy atom. The molecule has 5 heteroatoms. The predicted molar refractivity (Wildman–Crippen MR) is 81.8 cm³/mol. The third-order valence-corrected chi connectivity index (χ3v) is 6.23. The van der Waals surface area contributed by atoms with E-state index in [-0.39, 0.29) is 0 Å². The van der Waals surface area contributed by atoms with Crippen molar-refractivity contribution in [1.29, 1.82) is 0 Å². The molecule has 0 aliphatic heterocycles. The minimum Gasteiger partial charge on any atom is -0.375 e. The van der Waals surface area contributed by atoms with E-state index in [1.165, 1.54) is 12.1 Å². The molecule has 112 valence electrons. The molecule has 0 unspecified atom stereocenters. The van der Waals surface area contributed by atoms with Crippen molar-refractivity contribution in [1.82, 2.24) is 0 Å². The monoisotopic (exact) mass is 301 g/mol. The molecule has 0 heterocycles. The van der Waals surface area contributed by atoms with Crippen molar-refractivity contribution in [2.45, 2.75) is 31.7 Å². The van der Waals surface area contributed by atoms with Gasteiger partial charge in [-0.2, -0.15) is 13.2 Å². The van der Waals surface area contributed by atoms with E-state index in [0.29, 0.717) is 5.69 Å². The Balaban J connectivity index is 2.64. The maximum Gasteiger partial charge on any atom is 0.416 e. The Hall–Kier alpha value is -1.23. The van der Waals surface area contributed by atoms with E-state index in [1.54, 1.807) is 6.07 Å². The van der Waals surface area contributed by atoms with Crippen molar-refractivity contribution in [2.24, 2.45) is 0 Å². The van der Waals surface area contributed by atoms with Gasteiger partial charge in [0.15, 0.2) is 0 Å². The zero-order valence-electron chi connectivity index (χ0n) is 12.3. The van der Waals surface area contributed by atoms with Crippen LogP contribution in [-0.4, -0.2) is 21.7 Å². The van der Waals surface area contributed by atoms with Crippen molar-refractivity contribution in [3.8, 4) is 0 Å². The number of nitrogens with zero attached hydrogens (tertiary/aromatic N) is 1. The molecular weight excluding hydrogens is 279 g/mol. The zero-order valence-corrected chi connectivity index (χ0v) is 13.3. The van der Waals surface area contributed by atoms with Crippen LogP contribution >= 0.6 is 0 Å². The topological polar surface area (TPSA) is 3.24 Å². The predicted octanol–water partition coefficient (Wildman–Crippen LogP) is 4.97. The second-order valence-corrected chi connectivity index (χ2v) is 10.7. The van der Waals surface area contributed by atoms with Crippen LogP contribution in [0.25, 0.3) is 0 Å². The Kier molecular flexibility index (Phi) is 5.45. The molecule has 0 spiro atoms. The summed E-state index contributed by atoms with van der Waals surface area (Å²) < 4.78 is 38.0. The highest BCUT2D eigenvalue weighted by Gasteiger charge is 2.30. The fourth-order valence-electron chi connectivity index (χ4n) is 1.92. The largest absolute Gasteiger partial charge is 0.416 e. The number of hydrogen-bond donors (Lipinski definition) is 0. The fraction of sp³-hybridized carbons (Fsp3) is 0.467. The molecule has 1 aromatic rings.